The number of aromatic nitrogens is 3. The largest absolute Gasteiger partial charge is 0.494 e. The van der Waals surface area contributed by atoms with Gasteiger partial charge in [0.1, 0.15) is 53.6 Å². The van der Waals surface area contributed by atoms with Crippen molar-refractivity contribution in [2.24, 2.45) is 0 Å². The van der Waals surface area contributed by atoms with Crippen LogP contribution >= 0.6 is 10.2 Å². The predicted molar refractivity (Wildman–Crippen MR) is 302 cm³/mol. The Labute approximate surface area is 460 Å². The zero-order valence-corrected chi connectivity index (χ0v) is 47.1. The number of ether oxygens (including phenoxy) is 5. The third kappa shape index (κ3) is 13.8. The predicted octanol–water partition coefficient (Wildman–Crippen LogP) is 10.9. The summed E-state index contributed by atoms with van der Waals surface area (Å²) in [7, 11) is -2.29. The fourth-order valence-corrected chi connectivity index (χ4v) is 14.4. The van der Waals surface area contributed by atoms with Gasteiger partial charge in [-0.2, -0.15) is 5.10 Å². The molecule has 422 valence electrons. The van der Waals surface area contributed by atoms with Crippen LogP contribution in [0.3, 0.4) is 0 Å². The van der Waals surface area contributed by atoms with Crippen LogP contribution in [-0.2, 0) is 26.4 Å². The number of benzene rings is 4. The minimum atomic E-state index is -2.29. The Hall–Kier alpha value is -6.15. The number of carbonyl (C=O) groups is 2. The first-order chi connectivity index (χ1) is 37.6. The lowest BCUT2D eigenvalue weighted by Crippen LogP contribution is -2.53. The van der Waals surface area contributed by atoms with E-state index in [0.29, 0.717) is 50.8 Å². The molecule has 9 rings (SSSR count). The molecule has 5 heterocycles. The van der Waals surface area contributed by atoms with Crippen molar-refractivity contribution in [3.05, 3.63) is 121 Å². The van der Waals surface area contributed by atoms with E-state index in [4.69, 9.17) is 23.7 Å². The molecule has 0 spiro atoms. The molecule has 0 bridgehead atoms. The number of unbranched alkanes of at least 4 members (excludes halogenated alkanes) is 5. The molecule has 4 aliphatic heterocycles. The summed E-state index contributed by atoms with van der Waals surface area (Å²) in [6.07, 6.45) is 9.04. The molecule has 2 amide bonds. The number of nitrogens with one attached hydrogen (secondary N) is 1. The van der Waals surface area contributed by atoms with Crippen LogP contribution < -0.4 is 24.0 Å². The molecule has 4 aliphatic rings. The standard InChI is InChI=1S/C59H79F2N9O7S/c1-7-8-9-10-11-12-35-73-50-20-14-46(15-21-50)64-78(39-49(70(44(2)3)57(78)72)37-65-27-29-68(30-28-65)56(71)77-58(4,5)6)52-24-18-48(19-25-52)67-33-31-66(32-34-67)47-16-22-51(23-17-47)74-38-55-75-41-59(76-55,40-69-43-62-42-63-69)53-26-13-45(60)36-54(53)61/h13-26,36,42-44,49,55,64H,7-12,27-35,37-41H2,1-6H3/t49?,55-,59+/m0/s1. The van der Waals surface area contributed by atoms with Crippen LogP contribution in [0.15, 0.2) is 109 Å². The van der Waals surface area contributed by atoms with Crippen molar-refractivity contribution in [2.45, 2.75) is 121 Å². The monoisotopic (exact) mass is 1100 g/mol. The van der Waals surface area contributed by atoms with Gasteiger partial charge in [0, 0.05) is 104 Å². The molecular formula is C59H79F2N9O7S. The third-order valence-corrected chi connectivity index (χ3v) is 18.3. The van der Waals surface area contributed by atoms with Gasteiger partial charge in [0.05, 0.1) is 25.8 Å². The zero-order chi connectivity index (χ0) is 54.9. The van der Waals surface area contributed by atoms with Gasteiger partial charge >= 0.3 is 6.09 Å². The molecule has 0 aliphatic carbocycles. The maximum absolute atomic E-state index is 15.3. The minimum absolute atomic E-state index is 0.0126. The second-order valence-electron chi connectivity index (χ2n) is 22.2. The maximum atomic E-state index is 15.3. The molecule has 16 nitrogen and oxygen atoms in total. The van der Waals surface area contributed by atoms with Gasteiger partial charge in [0.15, 0.2) is 6.29 Å². The topological polar surface area (TPSA) is 139 Å². The maximum Gasteiger partial charge on any atom is 0.410 e. The number of anilines is 3. The third-order valence-electron chi connectivity index (χ3n) is 14.9. The molecule has 1 N–H and O–H groups in total. The highest BCUT2D eigenvalue weighted by Crippen LogP contribution is 2.62. The van der Waals surface area contributed by atoms with Crippen molar-refractivity contribution >= 4 is 38.6 Å². The Morgan fingerprint density at radius 1 is 0.821 bits per heavy atom. The Balaban J connectivity index is 0.833. The Morgan fingerprint density at radius 3 is 2.09 bits per heavy atom. The number of amides is 2. The number of hydrogen-bond acceptors (Lipinski definition) is 13. The number of hydrogen-bond donors (Lipinski definition) is 1. The molecule has 4 fully saturated rings. The van der Waals surface area contributed by atoms with Gasteiger partial charge < -0.3 is 48.0 Å². The normalized spacial score (nSPS) is 23.0. The number of piperazine rings is 2. The number of nitrogens with zero attached hydrogens (tertiary/aromatic N) is 8. The molecule has 2 unspecified atom stereocenters. The summed E-state index contributed by atoms with van der Waals surface area (Å²) in [4.78, 5) is 44.3. The van der Waals surface area contributed by atoms with Gasteiger partial charge in [-0.15, -0.1) is 0 Å². The van der Waals surface area contributed by atoms with Crippen LogP contribution in [0.1, 0.15) is 85.6 Å². The van der Waals surface area contributed by atoms with E-state index in [9.17, 15) is 9.18 Å². The van der Waals surface area contributed by atoms with Gasteiger partial charge in [-0.25, -0.2) is 23.2 Å². The molecule has 5 aromatic rings. The smallest absolute Gasteiger partial charge is 0.410 e. The summed E-state index contributed by atoms with van der Waals surface area (Å²) < 4.78 is 64.7. The minimum Gasteiger partial charge on any atom is -0.494 e. The van der Waals surface area contributed by atoms with Crippen molar-refractivity contribution in [3.63, 3.8) is 0 Å². The van der Waals surface area contributed by atoms with Crippen LogP contribution in [-0.4, -0.2) is 149 Å². The highest BCUT2D eigenvalue weighted by Gasteiger charge is 2.51. The van der Waals surface area contributed by atoms with Gasteiger partial charge in [-0.3, -0.25) is 9.69 Å². The van der Waals surface area contributed by atoms with Crippen LogP contribution in [0.2, 0.25) is 0 Å². The second kappa shape index (κ2) is 25.3. The van der Waals surface area contributed by atoms with E-state index < -0.39 is 39.3 Å². The first-order valence-electron chi connectivity index (χ1n) is 27.8. The van der Waals surface area contributed by atoms with Gasteiger partial charge in [-0.1, -0.05) is 55.3 Å². The van der Waals surface area contributed by atoms with E-state index in [1.54, 1.807) is 4.90 Å². The van der Waals surface area contributed by atoms with E-state index in [2.05, 4.69) is 79.4 Å². The van der Waals surface area contributed by atoms with Crippen molar-refractivity contribution < 1.29 is 42.1 Å². The molecule has 4 atom stereocenters. The van der Waals surface area contributed by atoms with Crippen LogP contribution in [0.25, 0.3) is 0 Å². The average Bonchev–Trinajstić information content (AvgIpc) is 4.36. The van der Waals surface area contributed by atoms with Crippen LogP contribution in [0, 0.1) is 11.6 Å². The number of rotatable bonds is 22. The van der Waals surface area contributed by atoms with Crippen LogP contribution in [0.5, 0.6) is 11.5 Å². The second-order valence-corrected chi connectivity index (χ2v) is 25.0. The molecule has 0 saturated carbocycles. The van der Waals surface area contributed by atoms with E-state index in [1.165, 1.54) is 61.6 Å². The van der Waals surface area contributed by atoms with E-state index >= 15 is 9.18 Å². The van der Waals surface area contributed by atoms with Crippen LogP contribution in [0.4, 0.5) is 35.4 Å². The number of halogens is 2. The summed E-state index contributed by atoms with van der Waals surface area (Å²) in [6.45, 7) is 19.5. The summed E-state index contributed by atoms with van der Waals surface area (Å²) in [5.41, 5.74) is 1.43. The molecule has 4 aromatic carbocycles. The highest BCUT2D eigenvalue weighted by atomic mass is 32.3. The highest BCUT2D eigenvalue weighted by molar-refractivity contribution is 8.46. The molecular weight excluding hydrogens is 1020 g/mol. The Morgan fingerprint density at radius 2 is 1.46 bits per heavy atom. The Kier molecular flexibility index (Phi) is 18.4. The summed E-state index contributed by atoms with van der Waals surface area (Å²) >= 11 is 0. The molecule has 0 radical (unpaired) electrons. The van der Waals surface area contributed by atoms with Gasteiger partial charge in [-0.05, 0) is 120 Å². The lowest BCUT2D eigenvalue weighted by atomic mass is 9.94. The molecule has 1 aromatic heterocycles. The quantitative estimate of drug-likeness (QED) is 0.0659. The first kappa shape index (κ1) is 56.6. The molecule has 19 heteroatoms. The van der Waals surface area contributed by atoms with E-state index in [-0.39, 0.29) is 48.7 Å². The lowest BCUT2D eigenvalue weighted by molar-refractivity contribution is -0.117. The van der Waals surface area contributed by atoms with E-state index in [0.717, 1.165) is 66.4 Å². The van der Waals surface area contributed by atoms with Gasteiger partial charge in [0.25, 0.3) is 5.24 Å². The Bertz CT molecular complexity index is 2720. The van der Waals surface area contributed by atoms with Crippen molar-refractivity contribution in [2.75, 3.05) is 99.0 Å². The zero-order valence-electron chi connectivity index (χ0n) is 46.3. The summed E-state index contributed by atoms with van der Waals surface area (Å²) in [6, 6.07) is 28.1. The summed E-state index contributed by atoms with van der Waals surface area (Å²) in [5.74, 6) is 0.702. The van der Waals surface area contributed by atoms with Gasteiger partial charge in [0.2, 0.25) is 0 Å². The van der Waals surface area contributed by atoms with E-state index in [1.807, 2.05) is 69.3 Å². The first-order valence-corrected chi connectivity index (χ1v) is 29.6. The van der Waals surface area contributed by atoms with Crippen molar-refractivity contribution in [3.8, 4) is 11.5 Å². The molecule has 4 saturated heterocycles. The summed E-state index contributed by atoms with van der Waals surface area (Å²) in [5, 5.41) is 4.31. The fourth-order valence-electron chi connectivity index (χ4n) is 10.9. The lowest BCUT2D eigenvalue weighted by Gasteiger charge is -2.38. The number of carbonyl (C=O) groups excluding carboxylic acids is 2. The average molecular weight is 1100 g/mol. The van der Waals surface area contributed by atoms with Crippen molar-refractivity contribution in [1.82, 2.24) is 29.5 Å². The fraction of sp³-hybridized carbons (Fsp3) is 0.525. The molecule has 78 heavy (non-hydrogen) atoms. The SMILES string of the molecule is CCCCCCCCOc1ccc(NS2(c3ccc(N4CCN(c5ccc(OC[C@H]6OC[C@](Cn7cncn7)(c7ccc(F)cc7F)O6)cc5)CC4)cc3)CC(CN3CCN(C(=O)OC(C)(C)C)CC3)N(C(C)C)C2=O)cc1. The van der Waals surface area contributed by atoms with Crippen molar-refractivity contribution in [1.29, 1.82) is 0 Å².